The number of ether oxygens (including phenoxy) is 2. The minimum Gasteiger partial charge on any atom is -0.490 e. The zero-order valence-corrected chi connectivity index (χ0v) is 13.5. The number of nitrogens with zero attached hydrogens (tertiary/aromatic N) is 2. The van der Waals surface area contributed by atoms with Crippen molar-refractivity contribution in [2.75, 3.05) is 13.2 Å². The van der Waals surface area contributed by atoms with Crippen LogP contribution in [0, 0.1) is 0 Å². The number of rotatable bonds is 4. The van der Waals surface area contributed by atoms with Gasteiger partial charge in [-0.2, -0.15) is 10.2 Å². The highest BCUT2D eigenvalue weighted by Crippen LogP contribution is 2.34. The van der Waals surface area contributed by atoms with Crippen LogP contribution < -0.4 is 4.74 Å². The lowest BCUT2D eigenvalue weighted by atomic mass is 9.99. The summed E-state index contributed by atoms with van der Waals surface area (Å²) < 4.78 is 11.9. The Bertz CT molecular complexity index is 814. The molecule has 1 aliphatic rings. The number of benzene rings is 2. The molecule has 24 heavy (non-hydrogen) atoms. The van der Waals surface area contributed by atoms with Crippen LogP contribution in [0.3, 0.4) is 0 Å². The Hall–Kier alpha value is -2.46. The first-order chi connectivity index (χ1) is 11.9. The van der Waals surface area contributed by atoms with Crippen LogP contribution in [-0.4, -0.2) is 29.5 Å². The fourth-order valence-electron chi connectivity index (χ4n) is 3.22. The Morgan fingerprint density at radius 1 is 1.00 bits per heavy atom. The van der Waals surface area contributed by atoms with Crippen molar-refractivity contribution in [3.63, 3.8) is 0 Å². The second-order valence-electron chi connectivity index (χ2n) is 6.09. The lowest BCUT2D eigenvalue weighted by Crippen LogP contribution is -2.25. The molecule has 4 heteroatoms. The summed E-state index contributed by atoms with van der Waals surface area (Å²) in [6.45, 7) is 1.46. The number of hydrogen-bond acceptors (Lipinski definition) is 4. The quantitative estimate of drug-likeness (QED) is 0.721. The van der Waals surface area contributed by atoms with E-state index >= 15 is 0 Å². The number of hydrogen-bond donors (Lipinski definition) is 0. The first-order valence-corrected chi connectivity index (χ1v) is 8.45. The highest BCUT2D eigenvalue weighted by Gasteiger charge is 2.15. The van der Waals surface area contributed by atoms with E-state index in [1.54, 1.807) is 12.4 Å². The van der Waals surface area contributed by atoms with Gasteiger partial charge in [-0.1, -0.05) is 24.3 Å². The zero-order chi connectivity index (χ0) is 16.2. The molecule has 1 atom stereocenters. The molecule has 2 aromatic carbocycles. The molecule has 1 unspecified atom stereocenters. The van der Waals surface area contributed by atoms with Crippen LogP contribution in [0.15, 0.2) is 54.9 Å². The summed E-state index contributed by atoms with van der Waals surface area (Å²) in [6.07, 6.45) is 7.18. The van der Waals surface area contributed by atoms with Gasteiger partial charge in [-0.05, 0) is 48.4 Å². The Morgan fingerprint density at radius 2 is 1.92 bits per heavy atom. The second-order valence-corrected chi connectivity index (χ2v) is 6.09. The van der Waals surface area contributed by atoms with Gasteiger partial charge in [0.05, 0.1) is 18.5 Å². The van der Waals surface area contributed by atoms with Crippen molar-refractivity contribution < 1.29 is 9.47 Å². The zero-order valence-electron chi connectivity index (χ0n) is 13.5. The lowest BCUT2D eigenvalue weighted by molar-refractivity contribution is -0.0107. The molecule has 1 saturated heterocycles. The Balaban J connectivity index is 1.65. The van der Waals surface area contributed by atoms with E-state index in [9.17, 15) is 0 Å². The Morgan fingerprint density at radius 3 is 2.71 bits per heavy atom. The van der Waals surface area contributed by atoms with Crippen molar-refractivity contribution in [3.8, 4) is 16.9 Å². The molecule has 0 N–H and O–H groups in total. The molecule has 4 nitrogen and oxygen atoms in total. The summed E-state index contributed by atoms with van der Waals surface area (Å²) >= 11 is 0. The lowest BCUT2D eigenvalue weighted by Gasteiger charge is -2.23. The van der Waals surface area contributed by atoms with Crippen molar-refractivity contribution in [3.05, 3.63) is 54.9 Å². The van der Waals surface area contributed by atoms with Crippen LogP contribution in [0.25, 0.3) is 21.9 Å². The largest absolute Gasteiger partial charge is 0.490 e. The van der Waals surface area contributed by atoms with Gasteiger partial charge in [0.15, 0.2) is 0 Å². The van der Waals surface area contributed by atoms with Gasteiger partial charge in [0.25, 0.3) is 0 Å². The predicted octanol–water partition coefficient (Wildman–Crippen LogP) is 4.24. The van der Waals surface area contributed by atoms with E-state index in [-0.39, 0.29) is 6.10 Å². The average molecular weight is 320 g/mol. The molecule has 2 heterocycles. The van der Waals surface area contributed by atoms with Crippen LogP contribution in [0.5, 0.6) is 5.75 Å². The van der Waals surface area contributed by atoms with Crippen molar-refractivity contribution in [2.45, 2.75) is 25.4 Å². The summed E-state index contributed by atoms with van der Waals surface area (Å²) in [6, 6.07) is 14.4. The van der Waals surface area contributed by atoms with E-state index in [2.05, 4.69) is 34.5 Å². The fraction of sp³-hybridized carbons (Fsp3) is 0.300. The molecule has 3 aromatic rings. The number of fused-ring (bicyclic) bond motifs is 1. The monoisotopic (exact) mass is 320 g/mol. The molecule has 0 saturated carbocycles. The van der Waals surface area contributed by atoms with Gasteiger partial charge in [-0.25, -0.2) is 0 Å². The normalized spacial score (nSPS) is 17.8. The van der Waals surface area contributed by atoms with Crippen molar-refractivity contribution in [2.24, 2.45) is 0 Å². The average Bonchev–Trinajstić information content (AvgIpc) is 2.67. The van der Waals surface area contributed by atoms with E-state index in [1.165, 1.54) is 6.42 Å². The SMILES string of the molecule is c1ccc2c(-c3ccnnc3)ccc(OCC3CCCCO3)c2c1. The molecule has 1 aromatic heterocycles. The molecule has 0 aliphatic carbocycles. The summed E-state index contributed by atoms with van der Waals surface area (Å²) in [4.78, 5) is 0. The summed E-state index contributed by atoms with van der Waals surface area (Å²) in [7, 11) is 0. The molecular formula is C20H20N2O2. The van der Waals surface area contributed by atoms with Crippen molar-refractivity contribution >= 4 is 10.8 Å². The van der Waals surface area contributed by atoms with Crippen molar-refractivity contribution in [1.29, 1.82) is 0 Å². The third-order valence-corrected chi connectivity index (χ3v) is 4.48. The summed E-state index contributed by atoms with van der Waals surface area (Å²) in [5, 5.41) is 10.1. The molecule has 0 amide bonds. The van der Waals surface area contributed by atoms with Crippen LogP contribution in [0.4, 0.5) is 0 Å². The highest BCUT2D eigenvalue weighted by molar-refractivity contribution is 5.99. The molecule has 0 spiro atoms. The van der Waals surface area contributed by atoms with Gasteiger partial charge >= 0.3 is 0 Å². The summed E-state index contributed by atoms with van der Waals surface area (Å²) in [5.41, 5.74) is 2.20. The third kappa shape index (κ3) is 3.10. The standard InChI is InChI=1S/C20H20N2O2/c1-2-7-19-18(6-1)17(15-10-11-21-22-13-15)8-9-20(19)24-14-16-5-3-4-12-23-16/h1-2,6-11,13,16H,3-5,12,14H2. The fourth-order valence-corrected chi connectivity index (χ4v) is 3.22. The van der Waals surface area contributed by atoms with Crippen LogP contribution in [0.2, 0.25) is 0 Å². The maximum atomic E-state index is 6.10. The minimum absolute atomic E-state index is 0.210. The Kier molecular flexibility index (Phi) is 4.38. The van der Waals surface area contributed by atoms with Crippen LogP contribution in [-0.2, 0) is 4.74 Å². The van der Waals surface area contributed by atoms with E-state index in [0.29, 0.717) is 6.61 Å². The molecule has 0 bridgehead atoms. The first-order valence-electron chi connectivity index (χ1n) is 8.45. The molecule has 1 fully saturated rings. The Labute approximate surface area is 141 Å². The van der Waals surface area contributed by atoms with E-state index in [4.69, 9.17) is 9.47 Å². The summed E-state index contributed by atoms with van der Waals surface area (Å²) in [5.74, 6) is 0.908. The predicted molar refractivity (Wildman–Crippen MR) is 94.1 cm³/mol. The molecule has 4 rings (SSSR count). The van der Waals surface area contributed by atoms with Gasteiger partial charge in [0.1, 0.15) is 12.4 Å². The van der Waals surface area contributed by atoms with Gasteiger partial charge in [0.2, 0.25) is 0 Å². The van der Waals surface area contributed by atoms with Crippen LogP contribution >= 0.6 is 0 Å². The molecular weight excluding hydrogens is 300 g/mol. The van der Waals surface area contributed by atoms with E-state index < -0.39 is 0 Å². The third-order valence-electron chi connectivity index (χ3n) is 4.48. The molecule has 1 aliphatic heterocycles. The van der Waals surface area contributed by atoms with Gasteiger partial charge < -0.3 is 9.47 Å². The maximum Gasteiger partial charge on any atom is 0.127 e. The van der Waals surface area contributed by atoms with Gasteiger partial charge in [0, 0.05) is 17.6 Å². The maximum absolute atomic E-state index is 6.10. The second kappa shape index (κ2) is 6.97. The highest BCUT2D eigenvalue weighted by atomic mass is 16.5. The van der Waals surface area contributed by atoms with Crippen LogP contribution in [0.1, 0.15) is 19.3 Å². The van der Waals surface area contributed by atoms with E-state index in [0.717, 1.165) is 47.1 Å². The topological polar surface area (TPSA) is 44.2 Å². The van der Waals surface area contributed by atoms with Crippen molar-refractivity contribution in [1.82, 2.24) is 10.2 Å². The van der Waals surface area contributed by atoms with E-state index in [1.807, 2.05) is 18.2 Å². The first kappa shape index (κ1) is 15.1. The molecule has 0 radical (unpaired) electrons. The van der Waals surface area contributed by atoms with Gasteiger partial charge in [-0.15, -0.1) is 0 Å². The molecule has 122 valence electrons. The smallest absolute Gasteiger partial charge is 0.127 e. The number of aromatic nitrogens is 2. The van der Waals surface area contributed by atoms with Gasteiger partial charge in [-0.3, -0.25) is 0 Å². The minimum atomic E-state index is 0.210.